The average molecular weight is 627 g/mol. The largest absolute Gasteiger partial charge is 0.456 e. The first-order chi connectivity index (χ1) is 24.3. The predicted molar refractivity (Wildman–Crippen MR) is 199 cm³/mol. The second-order valence-corrected chi connectivity index (χ2v) is 12.3. The topological polar surface area (TPSA) is 64.7 Å². The number of furan rings is 1. The van der Waals surface area contributed by atoms with Gasteiger partial charge in [0.2, 0.25) is 0 Å². The molecule has 0 unspecified atom stereocenters. The Hall–Kier alpha value is -6.72. The Morgan fingerprint density at radius 2 is 1.08 bits per heavy atom. The molecule has 49 heavy (non-hydrogen) atoms. The number of rotatable bonds is 4. The number of pyridine rings is 1. The van der Waals surface area contributed by atoms with E-state index < -0.39 is 0 Å². The Morgan fingerprint density at radius 1 is 0.388 bits per heavy atom. The highest BCUT2D eigenvalue weighted by Gasteiger charge is 2.18. The first-order valence-electron chi connectivity index (χ1n) is 16.3. The van der Waals surface area contributed by atoms with Crippen molar-refractivity contribution in [3.05, 3.63) is 158 Å². The third-order valence-corrected chi connectivity index (χ3v) is 9.38. The third-order valence-electron chi connectivity index (χ3n) is 9.38. The maximum Gasteiger partial charge on any atom is 0.164 e. The lowest BCUT2D eigenvalue weighted by molar-refractivity contribution is 0.669. The lowest BCUT2D eigenvalue weighted by Gasteiger charge is -2.13. The molecule has 3 heterocycles. The van der Waals surface area contributed by atoms with Crippen molar-refractivity contribution >= 4 is 54.3 Å². The van der Waals surface area contributed by atoms with Gasteiger partial charge in [-0.15, -0.1) is 0 Å². The lowest BCUT2D eigenvalue weighted by Crippen LogP contribution is -2.00. The molecule has 5 heteroatoms. The molecular weight excluding hydrogens is 601 g/mol. The van der Waals surface area contributed by atoms with Crippen molar-refractivity contribution in [1.29, 1.82) is 0 Å². The fourth-order valence-corrected chi connectivity index (χ4v) is 7.04. The molecule has 0 amide bonds. The normalized spacial score (nSPS) is 11.7. The fraction of sp³-hybridized carbons (Fsp3) is 0. The third kappa shape index (κ3) is 4.55. The van der Waals surface area contributed by atoms with E-state index in [2.05, 4.69) is 108 Å². The summed E-state index contributed by atoms with van der Waals surface area (Å²) in [5, 5.41) is 8.87. The van der Waals surface area contributed by atoms with Gasteiger partial charge >= 0.3 is 0 Å². The summed E-state index contributed by atoms with van der Waals surface area (Å²) >= 11 is 0. The Kier molecular flexibility index (Phi) is 6.11. The van der Waals surface area contributed by atoms with E-state index in [-0.39, 0.29) is 0 Å². The summed E-state index contributed by atoms with van der Waals surface area (Å²) in [6, 6.07) is 50.3. The van der Waals surface area contributed by atoms with Crippen molar-refractivity contribution < 1.29 is 4.42 Å². The van der Waals surface area contributed by atoms with Crippen LogP contribution in [0.1, 0.15) is 0 Å². The molecule has 10 aromatic rings. The van der Waals surface area contributed by atoms with Crippen molar-refractivity contribution in [2.45, 2.75) is 0 Å². The number of fused-ring (bicyclic) bond motifs is 6. The monoisotopic (exact) mass is 626 g/mol. The van der Waals surface area contributed by atoms with Crippen LogP contribution in [-0.2, 0) is 0 Å². The molecule has 0 radical (unpaired) electrons. The fourth-order valence-electron chi connectivity index (χ4n) is 7.04. The number of benzene rings is 7. The van der Waals surface area contributed by atoms with Crippen LogP contribution in [0.25, 0.3) is 99.5 Å². The van der Waals surface area contributed by atoms with Crippen molar-refractivity contribution in [3.63, 3.8) is 0 Å². The molecule has 0 aliphatic rings. The minimum Gasteiger partial charge on any atom is -0.456 e. The molecule has 0 saturated heterocycles. The molecule has 0 saturated carbocycles. The van der Waals surface area contributed by atoms with Crippen molar-refractivity contribution in [1.82, 2.24) is 19.9 Å². The molecule has 3 aromatic heterocycles. The Morgan fingerprint density at radius 3 is 1.96 bits per heavy atom. The molecule has 5 nitrogen and oxygen atoms in total. The van der Waals surface area contributed by atoms with E-state index in [1.807, 2.05) is 54.9 Å². The van der Waals surface area contributed by atoms with Gasteiger partial charge in [-0.05, 0) is 68.4 Å². The van der Waals surface area contributed by atoms with Gasteiger partial charge in [0.25, 0.3) is 0 Å². The number of hydrogen-bond acceptors (Lipinski definition) is 5. The first kappa shape index (κ1) is 27.4. The van der Waals surface area contributed by atoms with Gasteiger partial charge in [-0.2, -0.15) is 0 Å². The van der Waals surface area contributed by atoms with Gasteiger partial charge in [-0.25, -0.2) is 15.0 Å². The summed E-state index contributed by atoms with van der Waals surface area (Å²) in [6.07, 6.45) is 3.71. The van der Waals surface area contributed by atoms with E-state index in [9.17, 15) is 0 Å². The summed E-state index contributed by atoms with van der Waals surface area (Å²) in [5.74, 6) is 1.91. The first-order valence-corrected chi connectivity index (χ1v) is 16.3. The Labute approximate surface area is 281 Å². The number of aromatic nitrogens is 4. The quantitative estimate of drug-likeness (QED) is 0.194. The van der Waals surface area contributed by atoms with Crippen LogP contribution in [0.3, 0.4) is 0 Å². The molecule has 0 atom stereocenters. The number of hydrogen-bond donors (Lipinski definition) is 0. The van der Waals surface area contributed by atoms with Gasteiger partial charge in [-0.3, -0.25) is 4.98 Å². The van der Waals surface area contributed by atoms with E-state index in [1.165, 1.54) is 5.39 Å². The highest BCUT2D eigenvalue weighted by molar-refractivity contribution is 6.18. The summed E-state index contributed by atoms with van der Waals surface area (Å²) in [6.45, 7) is 0. The minimum atomic E-state index is 0.631. The predicted octanol–water partition coefficient (Wildman–Crippen LogP) is 11.3. The molecule has 10 rings (SSSR count). The molecular formula is C44H26N4O. The Balaban J connectivity index is 1.19. The molecule has 0 bridgehead atoms. The van der Waals surface area contributed by atoms with Gasteiger partial charge in [0, 0.05) is 45.2 Å². The van der Waals surface area contributed by atoms with Crippen LogP contribution in [-0.4, -0.2) is 19.9 Å². The Bertz CT molecular complexity index is 2890. The van der Waals surface area contributed by atoms with Gasteiger partial charge in [0.05, 0.1) is 0 Å². The summed E-state index contributed by atoms with van der Waals surface area (Å²) in [7, 11) is 0. The van der Waals surface area contributed by atoms with Crippen LogP contribution in [0.15, 0.2) is 162 Å². The number of nitrogens with zero attached hydrogens (tertiary/aromatic N) is 4. The summed E-state index contributed by atoms with van der Waals surface area (Å²) < 4.78 is 6.41. The van der Waals surface area contributed by atoms with E-state index in [1.54, 1.807) is 0 Å². The van der Waals surface area contributed by atoms with Crippen molar-refractivity contribution in [3.8, 4) is 45.3 Å². The standard InChI is InChI=1S/C44H26N4O/c1-2-10-28(11-3-1)42-46-43(31-20-19-27-9-4-5-12-29(27)23-31)48-44(47-42)37-17-7-13-33-34(14-6-15-35(33)37)36-16-8-18-39-41(36)38-24-30-21-22-45-26-32(30)25-40(38)49-39/h1-26H. The highest BCUT2D eigenvalue weighted by Crippen LogP contribution is 2.42. The highest BCUT2D eigenvalue weighted by atomic mass is 16.3. The SMILES string of the molecule is c1ccc(-c2nc(-c3ccc4ccccc4c3)nc(-c3cccc4c(-c5cccc6oc7cc8cnccc8cc7c56)cccc34)n2)cc1. The van der Waals surface area contributed by atoms with Gasteiger partial charge in [0.1, 0.15) is 11.2 Å². The maximum absolute atomic E-state index is 6.41. The molecule has 228 valence electrons. The van der Waals surface area contributed by atoms with Crippen LogP contribution in [0.2, 0.25) is 0 Å². The van der Waals surface area contributed by atoms with E-state index in [0.29, 0.717) is 17.5 Å². The second-order valence-electron chi connectivity index (χ2n) is 12.3. The lowest BCUT2D eigenvalue weighted by atomic mass is 9.92. The smallest absolute Gasteiger partial charge is 0.164 e. The van der Waals surface area contributed by atoms with Crippen molar-refractivity contribution in [2.24, 2.45) is 0 Å². The summed E-state index contributed by atoms with van der Waals surface area (Å²) in [5.41, 5.74) is 6.78. The van der Waals surface area contributed by atoms with Crippen molar-refractivity contribution in [2.75, 3.05) is 0 Å². The van der Waals surface area contributed by atoms with Crippen LogP contribution < -0.4 is 0 Å². The molecule has 0 spiro atoms. The molecule has 7 aromatic carbocycles. The van der Waals surface area contributed by atoms with E-state index in [0.717, 1.165) is 76.7 Å². The summed E-state index contributed by atoms with van der Waals surface area (Å²) in [4.78, 5) is 19.5. The van der Waals surface area contributed by atoms with Crippen LogP contribution in [0, 0.1) is 0 Å². The van der Waals surface area contributed by atoms with Crippen LogP contribution in [0.4, 0.5) is 0 Å². The molecule has 0 fully saturated rings. The molecule has 0 N–H and O–H groups in total. The van der Waals surface area contributed by atoms with E-state index >= 15 is 0 Å². The molecule has 0 aliphatic heterocycles. The maximum atomic E-state index is 6.41. The zero-order valence-corrected chi connectivity index (χ0v) is 26.2. The van der Waals surface area contributed by atoms with Crippen LogP contribution in [0.5, 0.6) is 0 Å². The van der Waals surface area contributed by atoms with Gasteiger partial charge < -0.3 is 4.42 Å². The van der Waals surface area contributed by atoms with Crippen LogP contribution >= 0.6 is 0 Å². The second kappa shape index (κ2) is 10.9. The zero-order chi connectivity index (χ0) is 32.3. The average Bonchev–Trinajstić information content (AvgIpc) is 3.54. The molecule has 0 aliphatic carbocycles. The van der Waals surface area contributed by atoms with Gasteiger partial charge in [-0.1, -0.05) is 115 Å². The minimum absolute atomic E-state index is 0.631. The zero-order valence-electron chi connectivity index (χ0n) is 26.2. The van der Waals surface area contributed by atoms with E-state index in [4.69, 9.17) is 19.4 Å². The van der Waals surface area contributed by atoms with Gasteiger partial charge in [0.15, 0.2) is 17.5 Å².